The molecule has 24 heavy (non-hydrogen) atoms. The minimum Gasteiger partial charge on any atom is -0.482 e. The van der Waals surface area contributed by atoms with E-state index in [1.807, 2.05) is 0 Å². The zero-order valence-corrected chi connectivity index (χ0v) is 13.5. The van der Waals surface area contributed by atoms with Crippen LogP contribution in [0.3, 0.4) is 0 Å². The minimum atomic E-state index is -0.481. The van der Waals surface area contributed by atoms with E-state index in [0.29, 0.717) is 21.4 Å². The highest BCUT2D eigenvalue weighted by molar-refractivity contribution is 6.42. The van der Waals surface area contributed by atoms with Crippen molar-refractivity contribution in [1.82, 2.24) is 10.2 Å². The van der Waals surface area contributed by atoms with E-state index in [-0.39, 0.29) is 24.1 Å². The first-order valence-electron chi connectivity index (χ1n) is 6.68. The third-order valence-corrected chi connectivity index (χ3v) is 3.86. The Balaban J connectivity index is 1.71. The molecule has 0 bridgehead atoms. The summed E-state index contributed by atoms with van der Waals surface area (Å²) in [5.41, 5.74) is 0.553. The molecule has 0 fully saturated rings. The van der Waals surface area contributed by atoms with Gasteiger partial charge in [-0.05, 0) is 24.3 Å². The first kappa shape index (κ1) is 16.2. The maximum Gasteiger partial charge on any atom is 0.269 e. The Morgan fingerprint density at radius 3 is 2.58 bits per heavy atom. The summed E-state index contributed by atoms with van der Waals surface area (Å²) in [6, 6.07) is 10.8. The second-order valence-electron chi connectivity index (χ2n) is 4.65. The number of hydrogen-bond acceptors (Lipinski definition) is 6. The van der Waals surface area contributed by atoms with Gasteiger partial charge in [0.1, 0.15) is 10.8 Å². The molecule has 7 nitrogen and oxygen atoms in total. The summed E-state index contributed by atoms with van der Waals surface area (Å²) in [6.07, 6.45) is 0. The molecule has 1 heterocycles. The summed E-state index contributed by atoms with van der Waals surface area (Å²) in [4.78, 5) is 10.2. The lowest BCUT2D eigenvalue weighted by atomic mass is 10.2. The smallest absolute Gasteiger partial charge is 0.269 e. The Bertz CT molecular complexity index is 881. The largest absolute Gasteiger partial charge is 0.482 e. The number of nitrogens with zero attached hydrogens (tertiary/aromatic N) is 3. The lowest BCUT2D eigenvalue weighted by Gasteiger charge is -2.06. The van der Waals surface area contributed by atoms with E-state index in [1.165, 1.54) is 24.3 Å². The third kappa shape index (κ3) is 3.47. The van der Waals surface area contributed by atoms with Crippen LogP contribution in [0.15, 0.2) is 46.9 Å². The van der Waals surface area contributed by atoms with Crippen molar-refractivity contribution in [3.63, 3.8) is 0 Å². The predicted octanol–water partition coefficient (Wildman–Crippen LogP) is 4.53. The monoisotopic (exact) mass is 365 g/mol. The molecule has 3 aromatic rings. The lowest BCUT2D eigenvalue weighted by Crippen LogP contribution is -1.96. The van der Waals surface area contributed by atoms with Gasteiger partial charge in [-0.3, -0.25) is 10.1 Å². The molecule has 0 saturated heterocycles. The molecule has 0 N–H and O–H groups in total. The van der Waals surface area contributed by atoms with Crippen LogP contribution >= 0.6 is 23.2 Å². The number of nitro benzene ring substituents is 1. The summed E-state index contributed by atoms with van der Waals surface area (Å²) in [5, 5.41) is 19.1. The van der Waals surface area contributed by atoms with Crippen molar-refractivity contribution in [1.29, 1.82) is 0 Å². The molecule has 0 aliphatic rings. The van der Waals surface area contributed by atoms with Gasteiger partial charge in [-0.2, -0.15) is 0 Å². The van der Waals surface area contributed by atoms with E-state index in [0.717, 1.165) is 0 Å². The second-order valence-corrected chi connectivity index (χ2v) is 5.43. The molecule has 0 unspecified atom stereocenters. The number of non-ortho nitro benzene ring substituents is 1. The summed E-state index contributed by atoms with van der Waals surface area (Å²) in [7, 11) is 0. The molecule has 0 spiro atoms. The first-order chi connectivity index (χ1) is 11.5. The summed E-state index contributed by atoms with van der Waals surface area (Å²) >= 11 is 11.9. The SMILES string of the molecule is O=[N+]([O-])c1ccc(-c2nnc(COc3cccc(Cl)c3Cl)o2)cc1. The lowest BCUT2D eigenvalue weighted by molar-refractivity contribution is -0.384. The van der Waals surface area contributed by atoms with Crippen molar-refractivity contribution in [3.8, 4) is 17.2 Å². The number of benzene rings is 2. The number of halogens is 2. The van der Waals surface area contributed by atoms with Crippen LogP contribution in [-0.2, 0) is 6.61 Å². The highest BCUT2D eigenvalue weighted by atomic mass is 35.5. The van der Waals surface area contributed by atoms with Gasteiger partial charge >= 0.3 is 0 Å². The molecule has 0 aliphatic carbocycles. The molecule has 9 heteroatoms. The quantitative estimate of drug-likeness (QED) is 0.487. The van der Waals surface area contributed by atoms with Crippen molar-refractivity contribution in [3.05, 3.63) is 68.5 Å². The van der Waals surface area contributed by atoms with Crippen molar-refractivity contribution >= 4 is 28.9 Å². The van der Waals surface area contributed by atoms with Crippen molar-refractivity contribution in [2.24, 2.45) is 0 Å². The fourth-order valence-corrected chi connectivity index (χ4v) is 2.24. The number of nitro groups is 1. The zero-order valence-electron chi connectivity index (χ0n) is 12.0. The van der Waals surface area contributed by atoms with Crippen LogP contribution in [0.2, 0.25) is 10.0 Å². The van der Waals surface area contributed by atoms with Gasteiger partial charge in [-0.15, -0.1) is 10.2 Å². The van der Waals surface area contributed by atoms with Gasteiger partial charge in [0.25, 0.3) is 11.6 Å². The highest BCUT2D eigenvalue weighted by Gasteiger charge is 2.12. The van der Waals surface area contributed by atoms with Gasteiger partial charge in [0.15, 0.2) is 6.61 Å². The van der Waals surface area contributed by atoms with Crippen molar-refractivity contribution in [2.75, 3.05) is 0 Å². The van der Waals surface area contributed by atoms with Crippen LogP contribution in [0.5, 0.6) is 5.75 Å². The van der Waals surface area contributed by atoms with Crippen LogP contribution in [0.25, 0.3) is 11.5 Å². The van der Waals surface area contributed by atoms with Gasteiger partial charge in [0.2, 0.25) is 5.89 Å². The van der Waals surface area contributed by atoms with E-state index in [4.69, 9.17) is 32.4 Å². The van der Waals surface area contributed by atoms with E-state index in [1.54, 1.807) is 18.2 Å². The minimum absolute atomic E-state index is 0.0139. The maximum atomic E-state index is 10.6. The van der Waals surface area contributed by atoms with Crippen LogP contribution in [0, 0.1) is 10.1 Å². The molecular weight excluding hydrogens is 357 g/mol. The molecule has 0 aliphatic heterocycles. The van der Waals surface area contributed by atoms with Gasteiger partial charge in [-0.25, -0.2) is 0 Å². The summed E-state index contributed by atoms with van der Waals surface area (Å²) < 4.78 is 11.0. The topological polar surface area (TPSA) is 91.3 Å². The van der Waals surface area contributed by atoms with E-state index < -0.39 is 4.92 Å². The Hall–Kier alpha value is -2.64. The standard InChI is InChI=1S/C15H9Cl2N3O4/c16-11-2-1-3-12(14(11)17)23-8-13-18-19-15(24-13)9-4-6-10(7-5-9)20(21)22/h1-7H,8H2. The van der Waals surface area contributed by atoms with Gasteiger partial charge in [0, 0.05) is 17.7 Å². The molecule has 2 aromatic carbocycles. The second kappa shape index (κ2) is 6.86. The highest BCUT2D eigenvalue weighted by Crippen LogP contribution is 2.32. The van der Waals surface area contributed by atoms with Gasteiger partial charge in [-0.1, -0.05) is 29.3 Å². The van der Waals surface area contributed by atoms with Crippen LogP contribution in [0.4, 0.5) is 5.69 Å². The third-order valence-electron chi connectivity index (χ3n) is 3.06. The summed E-state index contributed by atoms with van der Waals surface area (Å²) in [5.74, 6) is 0.874. The molecular formula is C15H9Cl2N3O4. The Morgan fingerprint density at radius 1 is 1.12 bits per heavy atom. The van der Waals surface area contributed by atoms with Crippen LogP contribution in [0.1, 0.15) is 5.89 Å². The number of aromatic nitrogens is 2. The average Bonchev–Trinajstić information content (AvgIpc) is 3.05. The van der Waals surface area contributed by atoms with Crippen LogP contribution in [-0.4, -0.2) is 15.1 Å². The fourth-order valence-electron chi connectivity index (χ4n) is 1.89. The van der Waals surface area contributed by atoms with E-state index in [2.05, 4.69) is 10.2 Å². The molecule has 0 atom stereocenters. The molecule has 0 radical (unpaired) electrons. The molecule has 122 valence electrons. The van der Waals surface area contributed by atoms with E-state index in [9.17, 15) is 10.1 Å². The fraction of sp³-hybridized carbons (Fsp3) is 0.0667. The Labute approximate surface area is 145 Å². The normalized spacial score (nSPS) is 10.6. The number of rotatable bonds is 5. The summed E-state index contributed by atoms with van der Waals surface area (Å²) in [6.45, 7) is 0.0139. The number of hydrogen-bond donors (Lipinski definition) is 0. The number of ether oxygens (including phenoxy) is 1. The maximum absolute atomic E-state index is 10.6. The van der Waals surface area contributed by atoms with Crippen molar-refractivity contribution in [2.45, 2.75) is 6.61 Å². The molecule has 0 saturated carbocycles. The predicted molar refractivity (Wildman–Crippen MR) is 87.2 cm³/mol. The molecule has 3 rings (SSSR count). The molecule has 0 amide bonds. The Morgan fingerprint density at radius 2 is 1.88 bits per heavy atom. The van der Waals surface area contributed by atoms with Gasteiger partial charge in [0.05, 0.1) is 9.95 Å². The average molecular weight is 366 g/mol. The van der Waals surface area contributed by atoms with Crippen LogP contribution < -0.4 is 4.74 Å². The first-order valence-corrected chi connectivity index (χ1v) is 7.44. The molecule has 1 aromatic heterocycles. The van der Waals surface area contributed by atoms with Crippen molar-refractivity contribution < 1.29 is 14.1 Å². The van der Waals surface area contributed by atoms with Gasteiger partial charge < -0.3 is 9.15 Å². The zero-order chi connectivity index (χ0) is 17.1. The Kier molecular flexibility index (Phi) is 4.64. The van der Waals surface area contributed by atoms with E-state index >= 15 is 0 Å².